The van der Waals surface area contributed by atoms with Crippen molar-refractivity contribution in [1.82, 2.24) is 9.29 Å². The van der Waals surface area contributed by atoms with Gasteiger partial charge in [0.15, 0.2) is 0 Å². The quantitative estimate of drug-likeness (QED) is 0.397. The fourth-order valence-corrected chi connectivity index (χ4v) is 7.40. The highest BCUT2D eigenvalue weighted by molar-refractivity contribution is 7.89. The molecule has 1 aliphatic rings. The molecule has 0 bridgehead atoms. The maximum absolute atomic E-state index is 13.1. The molecule has 6 nitrogen and oxygen atoms in total. The molecule has 2 heterocycles. The largest absolute Gasteiger partial charge is 0.477 e. The van der Waals surface area contributed by atoms with Crippen molar-refractivity contribution < 1.29 is 18.3 Å². The molecule has 1 aliphatic heterocycles. The summed E-state index contributed by atoms with van der Waals surface area (Å²) in [4.78, 5) is 16.8. The lowest BCUT2D eigenvalue weighted by atomic mass is 10.1. The van der Waals surface area contributed by atoms with Gasteiger partial charge in [0.1, 0.15) is 9.88 Å². The molecule has 1 atom stereocenters. The number of thiazole rings is 1. The highest BCUT2D eigenvalue weighted by atomic mass is 32.2. The van der Waals surface area contributed by atoms with Crippen LogP contribution in [-0.4, -0.2) is 41.1 Å². The molecular weight excluding hydrogens is 468 g/mol. The third-order valence-corrected chi connectivity index (χ3v) is 9.33. The maximum atomic E-state index is 13.1. The molecule has 2 aromatic carbocycles. The lowest BCUT2D eigenvalue weighted by molar-refractivity contribution is 0.0700. The van der Waals surface area contributed by atoms with Gasteiger partial charge in [0.2, 0.25) is 10.0 Å². The minimum absolute atomic E-state index is 0.0828. The fraction of sp³-hybridized carbons (Fsp3) is 0.385. The summed E-state index contributed by atoms with van der Waals surface area (Å²) < 4.78 is 27.8. The Kier molecular flexibility index (Phi) is 8.13. The number of sulfonamides is 1. The van der Waals surface area contributed by atoms with E-state index in [-0.39, 0.29) is 16.7 Å². The molecule has 34 heavy (non-hydrogen) atoms. The Labute approximate surface area is 205 Å². The smallest absolute Gasteiger partial charge is 0.347 e. The number of carboxylic acids is 1. The number of nitrogens with zero attached hydrogens (tertiary/aromatic N) is 2. The van der Waals surface area contributed by atoms with Crippen LogP contribution in [0.3, 0.4) is 0 Å². The van der Waals surface area contributed by atoms with Crippen molar-refractivity contribution in [2.75, 3.05) is 12.3 Å². The zero-order valence-electron chi connectivity index (χ0n) is 19.1. The number of hydrogen-bond acceptors (Lipinski definition) is 5. The summed E-state index contributed by atoms with van der Waals surface area (Å²) in [5, 5.41) is 10.3. The molecule has 0 aliphatic carbocycles. The van der Waals surface area contributed by atoms with Gasteiger partial charge in [0.05, 0.1) is 17.5 Å². The van der Waals surface area contributed by atoms with Crippen LogP contribution in [0.15, 0.2) is 60.7 Å². The summed E-state index contributed by atoms with van der Waals surface area (Å²) >= 11 is 1.13. The summed E-state index contributed by atoms with van der Waals surface area (Å²) in [6, 6.07) is 19.6. The van der Waals surface area contributed by atoms with E-state index in [0.29, 0.717) is 42.9 Å². The second kappa shape index (κ2) is 11.3. The average molecular weight is 499 g/mol. The number of carbonyl (C=O) groups is 1. The van der Waals surface area contributed by atoms with Gasteiger partial charge in [0, 0.05) is 6.54 Å². The van der Waals surface area contributed by atoms with E-state index in [0.717, 1.165) is 36.2 Å². The molecule has 1 N–H and O–H groups in total. The number of carboxylic acid groups (broad SMARTS) is 1. The van der Waals surface area contributed by atoms with E-state index in [1.165, 1.54) is 5.56 Å². The first-order valence-corrected chi connectivity index (χ1v) is 14.2. The summed E-state index contributed by atoms with van der Waals surface area (Å²) in [5.41, 5.74) is 2.90. The van der Waals surface area contributed by atoms with Crippen molar-refractivity contribution in [2.45, 2.75) is 51.0 Å². The van der Waals surface area contributed by atoms with Crippen molar-refractivity contribution in [1.29, 1.82) is 0 Å². The van der Waals surface area contributed by atoms with Crippen molar-refractivity contribution in [3.63, 3.8) is 0 Å². The van der Waals surface area contributed by atoms with Gasteiger partial charge in [-0.1, -0.05) is 60.7 Å². The van der Waals surface area contributed by atoms with Crippen LogP contribution in [0.1, 0.15) is 63.2 Å². The standard InChI is InChI=1S/C26H30N2O4S2/c29-26(30)24-22(16-7-14-20-10-3-1-4-11-20)27-25(33-24)23-17-8-18-28(23)34(31,32)19-9-15-21-12-5-2-6-13-21/h1-6,10-13,23H,7-9,14-19H2,(H,29,30). The Bertz CT molecular complexity index is 1190. The molecule has 0 amide bonds. The molecule has 180 valence electrons. The van der Waals surface area contributed by atoms with Gasteiger partial charge in [-0.25, -0.2) is 18.2 Å². The number of benzene rings is 2. The number of aromatic nitrogens is 1. The van der Waals surface area contributed by atoms with E-state index >= 15 is 0 Å². The Balaban J connectivity index is 1.43. The lowest BCUT2D eigenvalue weighted by Crippen LogP contribution is -2.32. The number of aryl methyl sites for hydroxylation is 3. The van der Waals surface area contributed by atoms with Crippen LogP contribution in [0.5, 0.6) is 0 Å². The minimum atomic E-state index is -3.45. The number of hydrogen-bond donors (Lipinski definition) is 1. The zero-order valence-corrected chi connectivity index (χ0v) is 20.7. The highest BCUT2D eigenvalue weighted by Gasteiger charge is 2.37. The van der Waals surface area contributed by atoms with Crippen LogP contribution >= 0.6 is 11.3 Å². The second-order valence-electron chi connectivity index (χ2n) is 8.65. The molecule has 1 saturated heterocycles. The lowest BCUT2D eigenvalue weighted by Gasteiger charge is -2.22. The first kappa shape index (κ1) is 24.6. The third kappa shape index (κ3) is 6.11. The SMILES string of the molecule is O=C(O)c1sc(C2CCCN2S(=O)(=O)CCCc2ccccc2)nc1CCCc1ccccc1. The fourth-order valence-electron chi connectivity index (χ4n) is 4.49. The van der Waals surface area contributed by atoms with E-state index < -0.39 is 16.0 Å². The van der Waals surface area contributed by atoms with Gasteiger partial charge < -0.3 is 5.11 Å². The maximum Gasteiger partial charge on any atom is 0.347 e. The van der Waals surface area contributed by atoms with Gasteiger partial charge >= 0.3 is 5.97 Å². The summed E-state index contributed by atoms with van der Waals surface area (Å²) in [5.74, 6) is -0.909. The molecule has 3 aromatic rings. The molecule has 0 saturated carbocycles. The number of rotatable bonds is 11. The molecule has 1 aromatic heterocycles. The van der Waals surface area contributed by atoms with E-state index in [1.807, 2.05) is 48.5 Å². The first-order valence-electron chi connectivity index (χ1n) is 11.7. The number of aromatic carboxylic acids is 1. The summed E-state index contributed by atoms with van der Waals surface area (Å²) in [7, 11) is -3.45. The summed E-state index contributed by atoms with van der Waals surface area (Å²) in [6.07, 6.45) is 4.90. The monoisotopic (exact) mass is 498 g/mol. The Morgan fingerprint density at radius 2 is 1.59 bits per heavy atom. The van der Waals surface area contributed by atoms with E-state index in [4.69, 9.17) is 0 Å². The predicted octanol–water partition coefficient (Wildman–Crippen LogP) is 5.12. The van der Waals surface area contributed by atoms with E-state index in [2.05, 4.69) is 17.1 Å². The topological polar surface area (TPSA) is 87.6 Å². The molecule has 4 rings (SSSR count). The van der Waals surface area contributed by atoms with Gasteiger partial charge in [-0.15, -0.1) is 11.3 Å². The van der Waals surface area contributed by atoms with Gasteiger partial charge in [-0.05, 0) is 56.1 Å². The molecule has 1 unspecified atom stereocenters. The minimum Gasteiger partial charge on any atom is -0.477 e. The van der Waals surface area contributed by atoms with Crippen LogP contribution in [0.25, 0.3) is 0 Å². The average Bonchev–Trinajstić information content (AvgIpc) is 3.48. The van der Waals surface area contributed by atoms with Crippen LogP contribution < -0.4 is 0 Å². The Morgan fingerprint density at radius 1 is 0.971 bits per heavy atom. The van der Waals surface area contributed by atoms with Crippen LogP contribution in [0.2, 0.25) is 0 Å². The van der Waals surface area contributed by atoms with Gasteiger partial charge in [0.25, 0.3) is 0 Å². The van der Waals surface area contributed by atoms with Crippen molar-refractivity contribution >= 4 is 27.3 Å². The van der Waals surface area contributed by atoms with Crippen LogP contribution in [0, 0.1) is 0 Å². The van der Waals surface area contributed by atoms with Gasteiger partial charge in [-0.2, -0.15) is 4.31 Å². The molecule has 0 radical (unpaired) electrons. The molecule has 8 heteroatoms. The Hall–Kier alpha value is -2.55. The summed E-state index contributed by atoms with van der Waals surface area (Å²) in [6.45, 7) is 0.462. The van der Waals surface area contributed by atoms with E-state index in [9.17, 15) is 18.3 Å². The van der Waals surface area contributed by atoms with Crippen molar-refractivity contribution in [3.05, 3.63) is 87.4 Å². The normalized spacial score (nSPS) is 16.6. The zero-order chi connectivity index (χ0) is 24.0. The predicted molar refractivity (Wildman–Crippen MR) is 135 cm³/mol. The second-order valence-corrected chi connectivity index (χ2v) is 11.7. The van der Waals surface area contributed by atoms with Crippen LogP contribution in [-0.2, 0) is 29.3 Å². The van der Waals surface area contributed by atoms with Crippen LogP contribution in [0.4, 0.5) is 0 Å². The molecule has 1 fully saturated rings. The highest BCUT2D eigenvalue weighted by Crippen LogP contribution is 2.38. The Morgan fingerprint density at radius 3 is 2.21 bits per heavy atom. The van der Waals surface area contributed by atoms with Crippen molar-refractivity contribution in [3.8, 4) is 0 Å². The third-order valence-electron chi connectivity index (χ3n) is 6.19. The first-order chi connectivity index (χ1) is 16.4. The van der Waals surface area contributed by atoms with Gasteiger partial charge in [-0.3, -0.25) is 0 Å². The molecular formula is C26H30N2O4S2. The van der Waals surface area contributed by atoms with E-state index in [1.54, 1.807) is 4.31 Å². The molecule has 0 spiro atoms. The van der Waals surface area contributed by atoms with Crippen molar-refractivity contribution in [2.24, 2.45) is 0 Å².